The van der Waals surface area contributed by atoms with Crippen molar-refractivity contribution in [3.8, 4) is 0 Å². The molecule has 0 saturated heterocycles. The molecule has 0 unspecified atom stereocenters. The summed E-state index contributed by atoms with van der Waals surface area (Å²) < 4.78 is 0.895. The van der Waals surface area contributed by atoms with Gasteiger partial charge in [0.25, 0.3) is 0 Å². The van der Waals surface area contributed by atoms with Crippen LogP contribution in [0.4, 0.5) is 5.13 Å². The van der Waals surface area contributed by atoms with E-state index in [0.29, 0.717) is 11.7 Å². The van der Waals surface area contributed by atoms with Gasteiger partial charge in [0.2, 0.25) is 5.91 Å². The van der Waals surface area contributed by atoms with Crippen molar-refractivity contribution >= 4 is 38.3 Å². The first-order valence-corrected chi connectivity index (χ1v) is 5.56. The molecular weight excluding hydrogens is 266 g/mol. The first-order valence-electron chi connectivity index (χ1n) is 3.95. The molecule has 0 radical (unpaired) electrons. The van der Waals surface area contributed by atoms with Gasteiger partial charge in [-0.05, 0) is 15.9 Å². The maximum atomic E-state index is 11.2. The molecule has 4 nitrogen and oxygen atoms in total. The number of thiazole rings is 1. The lowest BCUT2D eigenvalue weighted by Crippen LogP contribution is -2.27. The van der Waals surface area contributed by atoms with Crippen LogP contribution in [0.5, 0.6) is 0 Å². The van der Waals surface area contributed by atoms with E-state index in [9.17, 15) is 4.79 Å². The van der Waals surface area contributed by atoms with E-state index in [2.05, 4.69) is 38.1 Å². The highest BCUT2D eigenvalue weighted by atomic mass is 79.9. The number of amides is 1. The number of nitrogens with zero attached hydrogens (tertiary/aromatic N) is 1. The summed E-state index contributed by atoms with van der Waals surface area (Å²) in [6.07, 6.45) is 3.35. The van der Waals surface area contributed by atoms with E-state index in [-0.39, 0.29) is 12.5 Å². The van der Waals surface area contributed by atoms with Crippen molar-refractivity contribution in [2.75, 3.05) is 18.4 Å². The average molecular weight is 276 g/mol. The number of anilines is 1. The fraction of sp³-hybridized carbons (Fsp3) is 0.250. The van der Waals surface area contributed by atoms with Gasteiger partial charge in [-0.1, -0.05) is 17.4 Å². The monoisotopic (exact) mass is 275 g/mol. The van der Waals surface area contributed by atoms with Gasteiger partial charge in [-0.25, -0.2) is 4.98 Å². The number of rotatable bonds is 5. The smallest absolute Gasteiger partial charge is 0.240 e. The van der Waals surface area contributed by atoms with Crippen LogP contribution in [0.15, 0.2) is 22.6 Å². The van der Waals surface area contributed by atoms with Crippen molar-refractivity contribution in [3.63, 3.8) is 0 Å². The minimum atomic E-state index is -0.103. The van der Waals surface area contributed by atoms with E-state index in [4.69, 9.17) is 0 Å². The zero-order chi connectivity index (χ0) is 10.4. The van der Waals surface area contributed by atoms with Gasteiger partial charge in [-0.15, -0.1) is 6.58 Å². The molecule has 0 fully saturated rings. The van der Waals surface area contributed by atoms with Gasteiger partial charge in [-0.2, -0.15) is 0 Å². The molecule has 0 aliphatic heterocycles. The number of hydrogen-bond donors (Lipinski definition) is 2. The Morgan fingerprint density at radius 3 is 3.14 bits per heavy atom. The molecule has 1 heterocycles. The molecule has 1 aromatic rings. The summed E-state index contributed by atoms with van der Waals surface area (Å²) in [5.74, 6) is -0.103. The van der Waals surface area contributed by atoms with Crippen LogP contribution in [-0.2, 0) is 4.79 Å². The van der Waals surface area contributed by atoms with Crippen LogP contribution < -0.4 is 10.6 Å². The molecule has 14 heavy (non-hydrogen) atoms. The van der Waals surface area contributed by atoms with E-state index < -0.39 is 0 Å². The molecule has 0 atom stereocenters. The van der Waals surface area contributed by atoms with Crippen molar-refractivity contribution in [2.45, 2.75) is 0 Å². The summed E-state index contributed by atoms with van der Waals surface area (Å²) in [5.41, 5.74) is 0. The number of nitrogens with one attached hydrogen (secondary N) is 2. The Labute approximate surface area is 94.6 Å². The van der Waals surface area contributed by atoms with Gasteiger partial charge in [0.15, 0.2) is 5.13 Å². The number of carbonyl (C=O) groups excluding carboxylic acids is 1. The topological polar surface area (TPSA) is 54.0 Å². The van der Waals surface area contributed by atoms with E-state index in [0.717, 1.165) is 3.79 Å². The maximum Gasteiger partial charge on any atom is 0.240 e. The maximum absolute atomic E-state index is 11.2. The third-order valence-corrected chi connectivity index (χ3v) is 2.69. The van der Waals surface area contributed by atoms with Gasteiger partial charge in [0.05, 0.1) is 16.5 Å². The van der Waals surface area contributed by atoms with Crippen molar-refractivity contribution in [2.24, 2.45) is 0 Å². The van der Waals surface area contributed by atoms with Crippen molar-refractivity contribution in [1.29, 1.82) is 0 Å². The summed E-state index contributed by atoms with van der Waals surface area (Å²) >= 11 is 4.64. The Morgan fingerprint density at radius 1 is 1.79 bits per heavy atom. The Kier molecular flexibility index (Phi) is 4.78. The molecule has 0 saturated carbocycles. The average Bonchev–Trinajstić information content (AvgIpc) is 2.52. The van der Waals surface area contributed by atoms with Crippen LogP contribution in [0.2, 0.25) is 0 Å². The van der Waals surface area contributed by atoms with E-state index in [1.54, 1.807) is 12.3 Å². The second-order valence-corrected chi connectivity index (χ2v) is 4.85. The van der Waals surface area contributed by atoms with E-state index in [1.807, 2.05) is 0 Å². The van der Waals surface area contributed by atoms with Crippen molar-refractivity contribution in [1.82, 2.24) is 10.3 Å². The normalized spacial score (nSPS) is 9.79. The van der Waals surface area contributed by atoms with Gasteiger partial charge in [0, 0.05) is 6.54 Å². The second kappa shape index (κ2) is 5.90. The standard InChI is InChI=1S/C8H10BrN3OS/c1-2-3-10-5-7(13)12-8-11-4-6(9)14-8/h2,4,10H,1,3,5H2,(H,11,12,13). The molecule has 0 aliphatic rings. The van der Waals surface area contributed by atoms with Crippen LogP contribution >= 0.6 is 27.3 Å². The van der Waals surface area contributed by atoms with Gasteiger partial charge < -0.3 is 10.6 Å². The molecule has 1 amide bonds. The molecular formula is C8H10BrN3OS. The van der Waals surface area contributed by atoms with Crippen LogP contribution in [0.3, 0.4) is 0 Å². The minimum Gasteiger partial charge on any atom is -0.305 e. The van der Waals surface area contributed by atoms with Crippen molar-refractivity contribution < 1.29 is 4.79 Å². The van der Waals surface area contributed by atoms with E-state index >= 15 is 0 Å². The Hall–Kier alpha value is -0.720. The summed E-state index contributed by atoms with van der Waals surface area (Å²) in [6, 6.07) is 0. The highest BCUT2D eigenvalue weighted by molar-refractivity contribution is 9.11. The minimum absolute atomic E-state index is 0.103. The first kappa shape index (κ1) is 11.4. The molecule has 2 N–H and O–H groups in total. The summed E-state index contributed by atoms with van der Waals surface area (Å²) in [6.45, 7) is 4.42. The highest BCUT2D eigenvalue weighted by Crippen LogP contribution is 2.22. The quantitative estimate of drug-likeness (QED) is 0.634. The molecule has 0 aliphatic carbocycles. The largest absolute Gasteiger partial charge is 0.305 e. The molecule has 76 valence electrons. The highest BCUT2D eigenvalue weighted by Gasteiger charge is 2.04. The fourth-order valence-electron chi connectivity index (χ4n) is 0.763. The predicted octanol–water partition coefficient (Wildman–Crippen LogP) is 1.62. The number of halogens is 1. The Morgan fingerprint density at radius 2 is 2.57 bits per heavy atom. The molecule has 6 heteroatoms. The first-order chi connectivity index (χ1) is 6.72. The lowest BCUT2D eigenvalue weighted by molar-refractivity contribution is -0.115. The lowest BCUT2D eigenvalue weighted by atomic mass is 10.5. The molecule has 0 spiro atoms. The summed E-state index contributed by atoms with van der Waals surface area (Å²) in [5, 5.41) is 6.16. The molecule has 0 aromatic carbocycles. The fourth-order valence-corrected chi connectivity index (χ4v) is 1.89. The summed E-state index contributed by atoms with van der Waals surface area (Å²) in [7, 11) is 0. The molecule has 1 rings (SSSR count). The third kappa shape index (κ3) is 3.99. The Bertz CT molecular complexity index is 326. The second-order valence-electron chi connectivity index (χ2n) is 2.44. The Balaban J connectivity index is 2.30. The van der Waals surface area contributed by atoms with Crippen molar-refractivity contribution in [3.05, 3.63) is 22.6 Å². The van der Waals surface area contributed by atoms with E-state index in [1.165, 1.54) is 11.3 Å². The lowest BCUT2D eigenvalue weighted by Gasteiger charge is -2.01. The number of aromatic nitrogens is 1. The molecule has 0 bridgehead atoms. The zero-order valence-corrected chi connectivity index (χ0v) is 9.82. The number of carbonyl (C=O) groups is 1. The third-order valence-electron chi connectivity index (χ3n) is 1.30. The van der Waals surface area contributed by atoms with Gasteiger partial charge in [0.1, 0.15) is 0 Å². The predicted molar refractivity (Wildman–Crippen MR) is 61.5 cm³/mol. The summed E-state index contributed by atoms with van der Waals surface area (Å²) in [4.78, 5) is 15.2. The van der Waals surface area contributed by atoms with Gasteiger partial charge in [-0.3, -0.25) is 4.79 Å². The van der Waals surface area contributed by atoms with Gasteiger partial charge >= 0.3 is 0 Å². The SMILES string of the molecule is C=CCNCC(=O)Nc1ncc(Br)s1. The zero-order valence-electron chi connectivity index (χ0n) is 7.42. The molecule has 1 aromatic heterocycles. The van der Waals surface area contributed by atoms with Crippen LogP contribution in [-0.4, -0.2) is 24.0 Å². The van der Waals surface area contributed by atoms with Crippen LogP contribution in [0.1, 0.15) is 0 Å². The van der Waals surface area contributed by atoms with Crippen LogP contribution in [0, 0.1) is 0 Å². The number of hydrogen-bond acceptors (Lipinski definition) is 4. The van der Waals surface area contributed by atoms with Crippen LogP contribution in [0.25, 0.3) is 0 Å².